The SMILES string of the molecule is CC(C)=C(C)c1ccccc1CCl.N. The number of alkyl halides is 1. The molecular weight excluding hydrogens is 194 g/mol. The summed E-state index contributed by atoms with van der Waals surface area (Å²) in [5.74, 6) is 0.584. The third-order valence-corrected chi connectivity index (χ3v) is 2.60. The van der Waals surface area contributed by atoms with E-state index in [1.165, 1.54) is 22.3 Å². The lowest BCUT2D eigenvalue weighted by atomic mass is 9.99. The molecule has 0 spiro atoms. The molecule has 0 saturated heterocycles. The zero-order valence-electron chi connectivity index (χ0n) is 9.10. The second-order valence-corrected chi connectivity index (χ2v) is 3.68. The number of halogens is 1. The van der Waals surface area contributed by atoms with Crippen LogP contribution in [0.3, 0.4) is 0 Å². The van der Waals surface area contributed by atoms with E-state index in [9.17, 15) is 0 Å². The van der Waals surface area contributed by atoms with E-state index in [4.69, 9.17) is 11.6 Å². The van der Waals surface area contributed by atoms with Crippen LogP contribution in [0.4, 0.5) is 0 Å². The molecule has 2 heteroatoms. The van der Waals surface area contributed by atoms with E-state index in [2.05, 4.69) is 39.0 Å². The van der Waals surface area contributed by atoms with Crippen LogP contribution >= 0.6 is 11.6 Å². The molecule has 0 aliphatic carbocycles. The fourth-order valence-electron chi connectivity index (χ4n) is 1.27. The van der Waals surface area contributed by atoms with Gasteiger partial charge in [-0.15, -0.1) is 11.6 Å². The first-order valence-electron chi connectivity index (χ1n) is 4.45. The fraction of sp³-hybridized carbons (Fsp3) is 0.333. The number of hydrogen-bond donors (Lipinski definition) is 1. The van der Waals surface area contributed by atoms with Gasteiger partial charge in [0.2, 0.25) is 0 Å². The molecule has 0 bridgehead atoms. The van der Waals surface area contributed by atoms with Crippen molar-refractivity contribution < 1.29 is 0 Å². The lowest BCUT2D eigenvalue weighted by Gasteiger charge is -2.08. The molecule has 0 aliphatic rings. The molecule has 0 atom stereocenters. The lowest BCUT2D eigenvalue weighted by molar-refractivity contribution is 1.31. The molecule has 0 aliphatic heterocycles. The van der Waals surface area contributed by atoms with Crippen molar-refractivity contribution in [2.75, 3.05) is 0 Å². The summed E-state index contributed by atoms with van der Waals surface area (Å²) < 4.78 is 0. The lowest BCUT2D eigenvalue weighted by Crippen LogP contribution is -1.89. The van der Waals surface area contributed by atoms with Crippen LogP contribution in [-0.2, 0) is 5.88 Å². The molecule has 0 radical (unpaired) electrons. The van der Waals surface area contributed by atoms with Crippen molar-refractivity contribution in [1.29, 1.82) is 0 Å². The van der Waals surface area contributed by atoms with Gasteiger partial charge in [0, 0.05) is 5.88 Å². The van der Waals surface area contributed by atoms with Crippen molar-refractivity contribution in [2.24, 2.45) is 0 Å². The summed E-state index contributed by atoms with van der Waals surface area (Å²) in [6, 6.07) is 8.28. The molecule has 0 aromatic heterocycles. The molecule has 1 nitrogen and oxygen atoms in total. The summed E-state index contributed by atoms with van der Waals surface area (Å²) in [6.07, 6.45) is 0. The highest BCUT2D eigenvalue weighted by Crippen LogP contribution is 2.22. The van der Waals surface area contributed by atoms with Crippen LogP contribution in [0.25, 0.3) is 5.57 Å². The summed E-state index contributed by atoms with van der Waals surface area (Å²) >= 11 is 5.86. The van der Waals surface area contributed by atoms with Crippen molar-refractivity contribution in [2.45, 2.75) is 26.7 Å². The maximum Gasteiger partial charge on any atom is 0.0480 e. The Morgan fingerprint density at radius 2 is 1.71 bits per heavy atom. The van der Waals surface area contributed by atoms with Gasteiger partial charge in [-0.05, 0) is 37.5 Å². The molecule has 1 aromatic carbocycles. The highest BCUT2D eigenvalue weighted by atomic mass is 35.5. The molecule has 0 unspecified atom stereocenters. The second-order valence-electron chi connectivity index (χ2n) is 3.42. The summed E-state index contributed by atoms with van der Waals surface area (Å²) in [5, 5.41) is 0. The summed E-state index contributed by atoms with van der Waals surface area (Å²) in [6.45, 7) is 6.39. The first kappa shape index (κ1) is 13.2. The predicted octanol–water partition coefficient (Wildman–Crippen LogP) is 4.40. The van der Waals surface area contributed by atoms with Gasteiger partial charge in [0.15, 0.2) is 0 Å². The van der Waals surface area contributed by atoms with Crippen LogP contribution in [0.5, 0.6) is 0 Å². The number of allylic oxidation sites excluding steroid dienone is 2. The van der Waals surface area contributed by atoms with Gasteiger partial charge in [-0.3, -0.25) is 0 Å². The molecule has 0 amide bonds. The van der Waals surface area contributed by atoms with Crippen LogP contribution in [0.15, 0.2) is 29.8 Å². The Morgan fingerprint density at radius 1 is 1.14 bits per heavy atom. The highest BCUT2D eigenvalue weighted by molar-refractivity contribution is 6.17. The van der Waals surface area contributed by atoms with Gasteiger partial charge in [0.25, 0.3) is 0 Å². The molecule has 0 heterocycles. The third kappa shape index (κ3) is 2.86. The maximum absolute atomic E-state index is 5.86. The van der Waals surface area contributed by atoms with Gasteiger partial charge in [-0.1, -0.05) is 29.8 Å². The Bertz CT molecular complexity index is 325. The van der Waals surface area contributed by atoms with Crippen LogP contribution in [-0.4, -0.2) is 0 Å². The normalized spacial score (nSPS) is 9.14. The Labute approximate surface area is 91.4 Å². The zero-order valence-corrected chi connectivity index (χ0v) is 9.86. The smallest absolute Gasteiger partial charge is 0.0480 e. The van der Waals surface area contributed by atoms with E-state index in [1.807, 2.05) is 6.07 Å². The van der Waals surface area contributed by atoms with E-state index in [0.29, 0.717) is 5.88 Å². The van der Waals surface area contributed by atoms with E-state index >= 15 is 0 Å². The molecule has 78 valence electrons. The largest absolute Gasteiger partial charge is 0.344 e. The Hall–Kier alpha value is -0.790. The van der Waals surface area contributed by atoms with Crippen molar-refractivity contribution >= 4 is 17.2 Å². The molecule has 1 rings (SSSR count). The molecule has 3 N–H and O–H groups in total. The average Bonchev–Trinajstić information content (AvgIpc) is 2.16. The minimum atomic E-state index is 0. The van der Waals surface area contributed by atoms with Gasteiger partial charge < -0.3 is 6.15 Å². The standard InChI is InChI=1S/C12H15Cl.H3N/c1-9(2)10(3)12-7-5-4-6-11(12)8-13;/h4-7H,8H2,1-3H3;1H3. The fourth-order valence-corrected chi connectivity index (χ4v) is 1.51. The summed E-state index contributed by atoms with van der Waals surface area (Å²) in [5.41, 5.74) is 5.16. The number of rotatable bonds is 2. The minimum absolute atomic E-state index is 0. The molecular formula is C12H18ClN. The second kappa shape index (κ2) is 5.84. The van der Waals surface area contributed by atoms with Crippen LogP contribution < -0.4 is 6.15 Å². The van der Waals surface area contributed by atoms with E-state index in [-0.39, 0.29) is 6.15 Å². The first-order valence-corrected chi connectivity index (χ1v) is 4.98. The zero-order chi connectivity index (χ0) is 9.84. The highest BCUT2D eigenvalue weighted by Gasteiger charge is 2.02. The summed E-state index contributed by atoms with van der Waals surface area (Å²) in [7, 11) is 0. The summed E-state index contributed by atoms with van der Waals surface area (Å²) in [4.78, 5) is 0. The molecule has 0 fully saturated rings. The van der Waals surface area contributed by atoms with Gasteiger partial charge in [0.1, 0.15) is 0 Å². The predicted molar refractivity (Wildman–Crippen MR) is 65.0 cm³/mol. The number of benzene rings is 1. The number of hydrogen-bond acceptors (Lipinski definition) is 1. The van der Waals surface area contributed by atoms with Gasteiger partial charge in [0.05, 0.1) is 0 Å². The van der Waals surface area contributed by atoms with Crippen molar-refractivity contribution in [1.82, 2.24) is 6.15 Å². The van der Waals surface area contributed by atoms with Crippen molar-refractivity contribution in [3.8, 4) is 0 Å². The Morgan fingerprint density at radius 3 is 2.21 bits per heavy atom. The monoisotopic (exact) mass is 211 g/mol. The van der Waals surface area contributed by atoms with Gasteiger partial charge in [-0.25, -0.2) is 0 Å². The molecule has 14 heavy (non-hydrogen) atoms. The topological polar surface area (TPSA) is 35.0 Å². The first-order chi connectivity index (χ1) is 6.16. The maximum atomic E-state index is 5.86. The van der Waals surface area contributed by atoms with Gasteiger partial charge in [-0.2, -0.15) is 0 Å². The van der Waals surface area contributed by atoms with E-state index in [0.717, 1.165) is 0 Å². The van der Waals surface area contributed by atoms with Crippen molar-refractivity contribution in [3.05, 3.63) is 41.0 Å². The quantitative estimate of drug-likeness (QED) is 0.723. The Kier molecular flexibility index (Phi) is 5.51. The van der Waals surface area contributed by atoms with Gasteiger partial charge >= 0.3 is 0 Å². The van der Waals surface area contributed by atoms with Crippen LogP contribution in [0.1, 0.15) is 31.9 Å². The van der Waals surface area contributed by atoms with Crippen LogP contribution in [0, 0.1) is 0 Å². The van der Waals surface area contributed by atoms with Crippen LogP contribution in [0.2, 0.25) is 0 Å². The van der Waals surface area contributed by atoms with Crippen molar-refractivity contribution in [3.63, 3.8) is 0 Å². The van der Waals surface area contributed by atoms with E-state index < -0.39 is 0 Å². The minimum Gasteiger partial charge on any atom is -0.344 e. The van der Waals surface area contributed by atoms with E-state index in [1.54, 1.807) is 0 Å². The molecule has 0 saturated carbocycles. The average molecular weight is 212 g/mol. The molecule has 1 aromatic rings. The third-order valence-electron chi connectivity index (χ3n) is 2.32. The Balaban J connectivity index is 0.00000169.